The van der Waals surface area contributed by atoms with Crippen LogP contribution in [0.3, 0.4) is 0 Å². The highest BCUT2D eigenvalue weighted by atomic mass is 79.9. The Balaban J connectivity index is 0.000000246. The number of carbonyl (C=O) groups excluding carboxylic acids is 6. The van der Waals surface area contributed by atoms with Crippen LogP contribution in [0, 0.1) is 64.0 Å². The zero-order chi connectivity index (χ0) is 85.6. The number of esters is 3. The van der Waals surface area contributed by atoms with Crippen molar-refractivity contribution in [2.75, 3.05) is 83.4 Å². The Morgan fingerprint density at radius 3 is 0.922 bits per heavy atom. The molecule has 0 amide bonds. The van der Waals surface area contributed by atoms with Crippen molar-refractivity contribution in [1.29, 1.82) is 0 Å². The number of rotatable bonds is 23. The Labute approximate surface area is 689 Å². The molecule has 42 heteroatoms. The Morgan fingerprint density at radius 2 is 0.655 bits per heavy atom. The van der Waals surface area contributed by atoms with Crippen LogP contribution in [0.1, 0.15) is 82.9 Å². The summed E-state index contributed by atoms with van der Waals surface area (Å²) in [7, 11) is 0. The molecule has 0 aliphatic heterocycles. The molecule has 0 saturated heterocycles. The molecule has 0 unspecified atom stereocenters. The standard InChI is InChI=1S/2C14H13F2N3O2S.2C12H9F2N3OS.C8H6BrFO.C8H9ClN2O2S.C6H5F2N/c2*1-3-21-13(20)8-7-17-14(22-2)19-12(8)18-11-9(15)5-4-6-10(11)16;2*1-19-12-15-5-7(6-18)11(17-12)16-10-8(13)3-2-4-9(10)14;9-5-8(11)6-1-3-7(10)4-2-6;1-3-13-7(12)5-4-10-8(14-2)11-6(5)9;7-4-2-1-3-5(8)6(4)9/h2*4-7H,3H2,1-2H3,(H,17,18,19);2*2-6H,1H3,(H,15,16,17);1-4H,5H2;4H,3H2,1-2H3;1-3H,9H2. The number of carbonyl (C=O) groups is 6. The molecular weight excluding hydrogens is 1730 g/mol. The van der Waals surface area contributed by atoms with E-state index in [1.807, 2.05) is 6.26 Å². The second kappa shape index (κ2) is 49.6. The maximum Gasteiger partial charge on any atom is 0.343 e. The predicted octanol–water partition coefficient (Wildman–Crippen LogP) is 18.8. The van der Waals surface area contributed by atoms with E-state index in [9.17, 15) is 77.1 Å². The summed E-state index contributed by atoms with van der Waals surface area (Å²) >= 11 is 15.1. The summed E-state index contributed by atoms with van der Waals surface area (Å²) in [6, 6.07) is 22.8. The number of ketones is 1. The van der Waals surface area contributed by atoms with Crippen LogP contribution in [0.5, 0.6) is 0 Å². The number of aromatic nitrogens is 10. The minimum Gasteiger partial charge on any atom is -0.462 e. The lowest BCUT2D eigenvalue weighted by molar-refractivity contribution is 0.0516. The van der Waals surface area contributed by atoms with Gasteiger partial charge in [-0.05, 0) is 137 Å². The Hall–Kier alpha value is -11.1. The van der Waals surface area contributed by atoms with Crippen molar-refractivity contribution in [3.63, 3.8) is 0 Å². The summed E-state index contributed by atoms with van der Waals surface area (Å²) in [6.07, 6.45) is 16.4. The highest BCUT2D eigenvalue weighted by Crippen LogP contribution is 2.31. The van der Waals surface area contributed by atoms with Crippen molar-refractivity contribution in [2.24, 2.45) is 0 Å². The van der Waals surface area contributed by atoms with Crippen LogP contribution < -0.4 is 27.0 Å². The molecular formula is C74H64BrClF11N15O9S5. The largest absolute Gasteiger partial charge is 0.462 e. The second-order valence-corrected chi connectivity index (χ2v) is 25.9. The van der Waals surface area contributed by atoms with Gasteiger partial charge in [0, 0.05) is 36.5 Å². The van der Waals surface area contributed by atoms with Crippen LogP contribution >= 0.6 is 86.3 Å². The second-order valence-electron chi connectivity index (χ2n) is 21.1. The number of halogens is 13. The summed E-state index contributed by atoms with van der Waals surface area (Å²) in [5.41, 5.74) is 4.02. The lowest BCUT2D eigenvalue weighted by Crippen LogP contribution is -2.11. The number of nitrogens with zero attached hydrogens (tertiary/aromatic N) is 10. The summed E-state index contributed by atoms with van der Waals surface area (Å²) in [6.45, 7) is 5.66. The topological polar surface area (TPSA) is 333 Å². The van der Waals surface area contributed by atoms with Crippen molar-refractivity contribution in [3.8, 4) is 0 Å². The van der Waals surface area contributed by atoms with E-state index < -0.39 is 81.8 Å². The fraction of sp³-hybridized carbons (Fsp3) is 0.162. The van der Waals surface area contributed by atoms with E-state index in [2.05, 4.69) is 87.0 Å². The zero-order valence-electron chi connectivity index (χ0n) is 61.5. The number of hydrogen-bond donors (Lipinski definition) is 5. The van der Waals surface area contributed by atoms with Gasteiger partial charge in [0.25, 0.3) is 0 Å². The molecule has 6 N–H and O–H groups in total. The monoisotopic (exact) mass is 1790 g/mol. The van der Waals surface area contributed by atoms with E-state index in [0.29, 0.717) is 50.5 Å². The van der Waals surface area contributed by atoms with E-state index in [1.54, 1.807) is 45.8 Å². The quantitative estimate of drug-likeness (QED) is 0.00379. The van der Waals surface area contributed by atoms with Gasteiger partial charge in [0.2, 0.25) is 0 Å². The maximum absolute atomic E-state index is 13.7. The van der Waals surface area contributed by atoms with Crippen LogP contribution in [0.15, 0.2) is 172 Å². The van der Waals surface area contributed by atoms with Crippen LogP contribution in [0.2, 0.25) is 5.15 Å². The fourth-order valence-corrected chi connectivity index (χ4v) is 10.4. The number of ether oxygens (including phenoxy) is 3. The molecule has 24 nitrogen and oxygen atoms in total. The Kier molecular flexibility index (Phi) is 40.8. The van der Waals surface area contributed by atoms with E-state index in [1.165, 1.54) is 144 Å². The van der Waals surface area contributed by atoms with Gasteiger partial charge < -0.3 is 41.2 Å². The molecule has 0 fully saturated rings. The molecule has 0 radical (unpaired) electrons. The number of anilines is 9. The number of benzene rings is 6. The third kappa shape index (κ3) is 29.3. The number of alkyl halides is 1. The Morgan fingerprint density at radius 1 is 0.397 bits per heavy atom. The molecule has 6 aromatic carbocycles. The van der Waals surface area contributed by atoms with Crippen molar-refractivity contribution < 1.29 is 91.3 Å². The molecule has 0 saturated carbocycles. The minimum absolute atomic E-state index is 0.00213. The lowest BCUT2D eigenvalue weighted by atomic mass is 10.1. The maximum atomic E-state index is 13.7. The molecule has 0 bridgehead atoms. The predicted molar refractivity (Wildman–Crippen MR) is 427 cm³/mol. The molecule has 610 valence electrons. The zero-order valence-corrected chi connectivity index (χ0v) is 67.9. The van der Waals surface area contributed by atoms with Crippen LogP contribution in [-0.2, 0) is 14.2 Å². The first-order valence-corrected chi connectivity index (χ1v) is 40.2. The van der Waals surface area contributed by atoms with Gasteiger partial charge in [-0.1, -0.05) is 117 Å². The van der Waals surface area contributed by atoms with Gasteiger partial charge in [-0.3, -0.25) is 14.4 Å². The number of aldehydes is 2. The highest BCUT2D eigenvalue weighted by molar-refractivity contribution is 9.09. The van der Waals surface area contributed by atoms with Gasteiger partial charge in [-0.15, -0.1) is 0 Å². The number of para-hydroxylation sites is 5. The summed E-state index contributed by atoms with van der Waals surface area (Å²) < 4.78 is 160. The lowest BCUT2D eigenvalue weighted by Gasteiger charge is -2.12. The van der Waals surface area contributed by atoms with Gasteiger partial charge in [-0.25, -0.2) is 113 Å². The fourth-order valence-electron chi connectivity index (χ4n) is 8.11. The van der Waals surface area contributed by atoms with E-state index in [-0.39, 0.29) is 109 Å². The summed E-state index contributed by atoms with van der Waals surface area (Å²) in [4.78, 5) is 108. The molecule has 5 heterocycles. The number of thioether (sulfide) groups is 5. The third-order valence-corrected chi connectivity index (χ3v) is 17.2. The number of nitrogens with one attached hydrogen (secondary N) is 4. The van der Waals surface area contributed by atoms with Crippen molar-refractivity contribution >= 4 is 174 Å². The smallest absolute Gasteiger partial charge is 0.343 e. The molecule has 5 aromatic heterocycles. The third-order valence-electron chi connectivity index (χ3n) is 13.6. The Bertz CT molecular complexity index is 4870. The molecule has 11 rings (SSSR count). The number of Topliss-reactive ketones (excluding diaryl/α,β-unsaturated/α-hetero) is 1. The number of hydrogen-bond acceptors (Lipinski definition) is 29. The van der Waals surface area contributed by atoms with Gasteiger partial charge in [0.15, 0.2) is 44.1 Å². The van der Waals surface area contributed by atoms with Crippen LogP contribution in [0.4, 0.5) is 100 Å². The van der Waals surface area contributed by atoms with Gasteiger partial charge in [0.1, 0.15) is 138 Å². The average molecular weight is 1790 g/mol. The van der Waals surface area contributed by atoms with Crippen LogP contribution in [0.25, 0.3) is 0 Å². The van der Waals surface area contributed by atoms with Gasteiger partial charge >= 0.3 is 17.9 Å². The molecule has 11 aromatic rings. The van der Waals surface area contributed by atoms with E-state index in [4.69, 9.17) is 31.5 Å². The number of nitrogen functional groups attached to an aromatic ring is 1. The van der Waals surface area contributed by atoms with Crippen molar-refractivity contribution in [2.45, 2.75) is 46.6 Å². The minimum atomic E-state index is -0.792. The SMILES string of the molecule is CCOC(=O)c1cnc(SC)nc1Cl.CCOC(=O)c1cnc(SC)nc1Nc1c(F)cccc1F.CCOC(=O)c1cnc(SC)nc1Nc1c(F)cccc1F.CSc1ncc(C=O)c(Nc2c(F)cccc2F)n1.CSc1ncc(C=O)c(Nc2c(F)cccc2F)n1.Nc1c(F)cccc1F.O=C(CBr)c1ccc(F)cc1. The normalized spacial score (nSPS) is 10.1. The first kappa shape index (κ1) is 95.5. The van der Waals surface area contributed by atoms with E-state index >= 15 is 0 Å². The first-order chi connectivity index (χ1) is 55.6. The summed E-state index contributed by atoms with van der Waals surface area (Å²) in [5, 5.41) is 12.4. The summed E-state index contributed by atoms with van der Waals surface area (Å²) in [5.74, 6) is -9.73. The molecule has 0 atom stereocenters. The average Bonchev–Trinajstić information content (AvgIpc) is 0.821. The van der Waals surface area contributed by atoms with Crippen LogP contribution in [-0.4, -0.2) is 143 Å². The van der Waals surface area contributed by atoms with Crippen molar-refractivity contribution in [1.82, 2.24) is 49.8 Å². The van der Waals surface area contributed by atoms with Crippen molar-refractivity contribution in [3.05, 3.63) is 249 Å². The molecule has 0 aliphatic carbocycles. The highest BCUT2D eigenvalue weighted by Gasteiger charge is 2.23. The van der Waals surface area contributed by atoms with Gasteiger partial charge in [-0.2, -0.15) is 0 Å². The van der Waals surface area contributed by atoms with E-state index in [0.717, 1.165) is 60.7 Å². The first-order valence-electron chi connectivity index (χ1n) is 32.6. The van der Waals surface area contributed by atoms with Gasteiger partial charge in [0.05, 0.1) is 36.3 Å². The molecule has 0 spiro atoms. The number of nitrogens with two attached hydrogens (primary N) is 1. The molecule has 116 heavy (non-hydrogen) atoms. The molecule has 0 aliphatic rings.